The van der Waals surface area contributed by atoms with Crippen molar-refractivity contribution in [3.63, 3.8) is 0 Å². The Kier molecular flexibility index (Phi) is 5.12. The number of pyridine rings is 2. The van der Waals surface area contributed by atoms with Crippen LogP contribution in [0.4, 0.5) is 0 Å². The number of aromatic nitrogens is 6. The van der Waals surface area contributed by atoms with E-state index in [-0.39, 0.29) is 25.8 Å². The third-order valence-electron chi connectivity index (χ3n) is 4.09. The Hall–Kier alpha value is -2.62. The summed E-state index contributed by atoms with van der Waals surface area (Å²) in [6.07, 6.45) is 9.39. The smallest absolute Gasteiger partial charge is 0.344 e. The molecule has 0 saturated carbocycles. The van der Waals surface area contributed by atoms with Crippen molar-refractivity contribution >= 4 is 0 Å². The molecule has 4 aromatic heterocycles. The maximum Gasteiger partial charge on any atom is 2.00 e. The van der Waals surface area contributed by atoms with Crippen LogP contribution in [0.25, 0.3) is 11.6 Å². The fraction of sp³-hybridized carbons (Fsp3) is 0.158. The van der Waals surface area contributed by atoms with Gasteiger partial charge in [-0.1, -0.05) is 49.1 Å². The summed E-state index contributed by atoms with van der Waals surface area (Å²) in [4.78, 5) is 9.51. The maximum atomic E-state index is 4.75. The standard InChI is InChI=1S/C19H16N6.Pd/c1-19(2,15-7-3-9-17(22-15)24-13-5-11-20-24)16-8-4-10-18(23-16)25-14-6-12-21-25;/h3-12H,1-2H3;/q-2;+2. The van der Waals surface area contributed by atoms with E-state index in [2.05, 4.69) is 36.4 Å². The van der Waals surface area contributed by atoms with Gasteiger partial charge < -0.3 is 9.36 Å². The van der Waals surface area contributed by atoms with E-state index in [4.69, 9.17) is 9.97 Å². The third-order valence-corrected chi connectivity index (χ3v) is 4.09. The second-order valence-electron chi connectivity index (χ2n) is 6.13. The van der Waals surface area contributed by atoms with Gasteiger partial charge in [-0.05, 0) is 26.0 Å². The van der Waals surface area contributed by atoms with Gasteiger partial charge in [0.05, 0.1) is 11.6 Å². The molecule has 0 aromatic carbocycles. The summed E-state index contributed by atoms with van der Waals surface area (Å²) in [7, 11) is 0. The van der Waals surface area contributed by atoms with Gasteiger partial charge in [0.25, 0.3) is 0 Å². The normalized spacial score (nSPS) is 11.2. The largest absolute Gasteiger partial charge is 2.00 e. The topological polar surface area (TPSA) is 61.4 Å². The third kappa shape index (κ3) is 3.36. The number of rotatable bonds is 4. The minimum absolute atomic E-state index is 0. The molecule has 0 N–H and O–H groups in total. The van der Waals surface area contributed by atoms with Gasteiger partial charge >= 0.3 is 20.4 Å². The van der Waals surface area contributed by atoms with E-state index in [0.29, 0.717) is 0 Å². The molecule has 0 fully saturated rings. The zero-order valence-corrected chi connectivity index (χ0v) is 15.8. The summed E-state index contributed by atoms with van der Waals surface area (Å²) in [5, 5.41) is 8.40. The van der Waals surface area contributed by atoms with Crippen LogP contribution in [-0.2, 0) is 25.8 Å². The number of nitrogens with zero attached hydrogens (tertiary/aromatic N) is 6. The summed E-state index contributed by atoms with van der Waals surface area (Å²) in [5.41, 5.74) is 1.43. The molecule has 132 valence electrons. The molecule has 4 rings (SSSR count). The molecule has 0 aliphatic carbocycles. The molecule has 0 aliphatic rings. The summed E-state index contributed by atoms with van der Waals surface area (Å²) in [6, 6.07) is 15.3. The monoisotopic (exact) mass is 434 g/mol. The molecule has 6 nitrogen and oxygen atoms in total. The van der Waals surface area contributed by atoms with Crippen molar-refractivity contribution in [2.75, 3.05) is 0 Å². The first-order valence-electron chi connectivity index (χ1n) is 7.94. The van der Waals surface area contributed by atoms with Gasteiger partial charge in [0.15, 0.2) is 0 Å². The Bertz CT molecular complexity index is 897. The predicted octanol–water partition coefficient (Wildman–Crippen LogP) is 2.77. The molecule has 0 unspecified atom stereocenters. The van der Waals surface area contributed by atoms with Crippen LogP contribution in [-0.4, -0.2) is 29.5 Å². The van der Waals surface area contributed by atoms with Crippen molar-refractivity contribution in [2.45, 2.75) is 19.3 Å². The zero-order chi connectivity index (χ0) is 17.3. The van der Waals surface area contributed by atoms with Crippen molar-refractivity contribution in [2.24, 2.45) is 0 Å². The van der Waals surface area contributed by atoms with E-state index in [1.54, 1.807) is 33.9 Å². The van der Waals surface area contributed by atoms with E-state index in [1.807, 2.05) is 36.4 Å². The van der Waals surface area contributed by atoms with Crippen LogP contribution in [0.2, 0.25) is 0 Å². The molecule has 0 atom stereocenters. The molecule has 7 heteroatoms. The molecule has 0 amide bonds. The Morgan fingerprint density at radius 1 is 0.769 bits per heavy atom. The van der Waals surface area contributed by atoms with Crippen LogP contribution >= 0.6 is 0 Å². The fourth-order valence-electron chi connectivity index (χ4n) is 2.63. The summed E-state index contributed by atoms with van der Waals surface area (Å²) >= 11 is 0. The quantitative estimate of drug-likeness (QED) is 0.366. The minimum Gasteiger partial charge on any atom is -0.344 e. The van der Waals surface area contributed by atoms with E-state index in [0.717, 1.165) is 23.0 Å². The van der Waals surface area contributed by atoms with E-state index in [1.165, 1.54) is 0 Å². The predicted molar refractivity (Wildman–Crippen MR) is 92.5 cm³/mol. The second kappa shape index (κ2) is 7.32. The summed E-state index contributed by atoms with van der Waals surface area (Å²) in [5.74, 6) is 1.46. The van der Waals surface area contributed by atoms with Gasteiger partial charge in [0.1, 0.15) is 0 Å². The minimum atomic E-state index is -0.383. The van der Waals surface area contributed by atoms with Crippen molar-refractivity contribution in [3.05, 3.63) is 84.7 Å². The first kappa shape index (κ1) is 18.2. The zero-order valence-electron chi connectivity index (χ0n) is 14.3. The van der Waals surface area contributed by atoms with E-state index >= 15 is 0 Å². The van der Waals surface area contributed by atoms with Crippen molar-refractivity contribution in [1.29, 1.82) is 0 Å². The molecule has 0 radical (unpaired) electrons. The van der Waals surface area contributed by atoms with Gasteiger partial charge in [0, 0.05) is 16.8 Å². The van der Waals surface area contributed by atoms with E-state index < -0.39 is 0 Å². The van der Waals surface area contributed by atoms with Gasteiger partial charge in [-0.2, -0.15) is 0 Å². The molecular weight excluding hydrogens is 419 g/mol. The molecule has 0 aliphatic heterocycles. The average Bonchev–Trinajstić information content (AvgIpc) is 3.36. The molecule has 26 heavy (non-hydrogen) atoms. The van der Waals surface area contributed by atoms with Crippen LogP contribution in [0.3, 0.4) is 0 Å². The van der Waals surface area contributed by atoms with Gasteiger partial charge in [-0.3, -0.25) is 20.2 Å². The molecule has 0 bridgehead atoms. The Morgan fingerprint density at radius 3 is 1.62 bits per heavy atom. The van der Waals surface area contributed by atoms with Crippen molar-refractivity contribution in [3.8, 4) is 11.6 Å². The number of hydrogen-bond donors (Lipinski definition) is 0. The van der Waals surface area contributed by atoms with Crippen LogP contribution < -0.4 is 0 Å². The van der Waals surface area contributed by atoms with Gasteiger partial charge in [-0.15, -0.1) is 12.1 Å². The summed E-state index contributed by atoms with van der Waals surface area (Å²) in [6.45, 7) is 4.20. The van der Waals surface area contributed by atoms with Crippen LogP contribution in [0.5, 0.6) is 0 Å². The fourth-order valence-corrected chi connectivity index (χ4v) is 2.63. The number of hydrogen-bond acceptors (Lipinski definition) is 4. The maximum absolute atomic E-state index is 4.75. The molecular formula is C19H16N6Pd. The first-order chi connectivity index (χ1) is 12.1. The van der Waals surface area contributed by atoms with Crippen LogP contribution in [0, 0.1) is 12.4 Å². The van der Waals surface area contributed by atoms with Gasteiger partial charge in [0.2, 0.25) is 0 Å². The van der Waals surface area contributed by atoms with Crippen LogP contribution in [0.1, 0.15) is 25.2 Å². The Labute approximate surface area is 165 Å². The molecule has 0 saturated heterocycles. The van der Waals surface area contributed by atoms with Crippen LogP contribution in [0.15, 0.2) is 60.9 Å². The first-order valence-corrected chi connectivity index (χ1v) is 7.94. The second-order valence-corrected chi connectivity index (χ2v) is 6.13. The van der Waals surface area contributed by atoms with Crippen molar-refractivity contribution < 1.29 is 20.4 Å². The molecule has 4 heterocycles. The Morgan fingerprint density at radius 2 is 1.23 bits per heavy atom. The SMILES string of the molecule is CC(C)(c1cccc(-n2[c-]ccn2)n1)c1cccc(-n2[c-]ccn2)n1.[Pd+2]. The summed E-state index contributed by atoms with van der Waals surface area (Å²) < 4.78 is 3.25. The molecule has 0 spiro atoms. The Balaban J connectivity index is 0.00000196. The van der Waals surface area contributed by atoms with Crippen molar-refractivity contribution in [1.82, 2.24) is 29.5 Å². The average molecular weight is 435 g/mol. The van der Waals surface area contributed by atoms with E-state index in [9.17, 15) is 0 Å². The van der Waals surface area contributed by atoms with Gasteiger partial charge in [-0.25, -0.2) is 0 Å². The molecule has 4 aromatic rings.